The average Bonchev–Trinajstić information content (AvgIpc) is 4.41. The van der Waals surface area contributed by atoms with E-state index in [1.807, 2.05) is 23.4 Å². The third-order valence-corrected chi connectivity index (χ3v) is 20.4. The number of esters is 1. The van der Waals surface area contributed by atoms with Gasteiger partial charge in [-0.2, -0.15) is 0 Å². The molecule has 9 atom stereocenters. The number of hydrogen-bond donors (Lipinski definition) is 3. The normalized spacial score (nSPS) is 28.1. The molecule has 3 N–H and O–H groups in total. The molecule has 19 heteroatoms. The summed E-state index contributed by atoms with van der Waals surface area (Å²) in [4.78, 5) is 91.9. The highest BCUT2D eigenvalue weighted by atomic mass is 32.1. The molecule has 9 heterocycles. The molecule has 7 fully saturated rings. The minimum atomic E-state index is -1.07. The van der Waals surface area contributed by atoms with Crippen LogP contribution in [0.1, 0.15) is 128 Å². The summed E-state index contributed by atoms with van der Waals surface area (Å²) in [6.07, 6.45) is 13.0. The van der Waals surface area contributed by atoms with E-state index in [-0.39, 0.29) is 66.7 Å². The Morgan fingerprint density at radius 3 is 2.56 bits per heavy atom. The van der Waals surface area contributed by atoms with Crippen LogP contribution in [0.5, 0.6) is 0 Å². The summed E-state index contributed by atoms with van der Waals surface area (Å²) < 4.78 is 14.8. The van der Waals surface area contributed by atoms with Crippen LogP contribution < -0.4 is 21.0 Å². The van der Waals surface area contributed by atoms with E-state index in [1.165, 1.54) is 42.2 Å². The van der Waals surface area contributed by atoms with Gasteiger partial charge in [-0.05, 0) is 120 Å². The summed E-state index contributed by atoms with van der Waals surface area (Å²) in [5.74, 6) is -1.33. The Morgan fingerprint density at radius 2 is 1.78 bits per heavy atom. The molecule has 2 aliphatic carbocycles. The number of hydrazine groups is 1. The molecule has 18 nitrogen and oxygen atoms in total. The summed E-state index contributed by atoms with van der Waals surface area (Å²) in [6.45, 7) is 16.7. The summed E-state index contributed by atoms with van der Waals surface area (Å²) in [5, 5.41) is 11.8. The molecule has 5 saturated heterocycles. The Bertz CT molecular complexity index is 3040. The maximum absolute atomic E-state index is 15.1. The van der Waals surface area contributed by atoms with Crippen molar-refractivity contribution in [2.24, 2.45) is 29.1 Å². The summed E-state index contributed by atoms with van der Waals surface area (Å²) in [5.41, 5.74) is 10.7. The molecule has 436 valence electrons. The Labute approximate surface area is 481 Å². The lowest BCUT2D eigenvalue weighted by atomic mass is 9.84. The van der Waals surface area contributed by atoms with Gasteiger partial charge in [0.2, 0.25) is 17.7 Å². The van der Waals surface area contributed by atoms with Crippen LogP contribution in [-0.4, -0.2) is 167 Å². The number of amides is 4. The molecule has 6 aliphatic heterocycles. The highest BCUT2D eigenvalue weighted by Gasteiger charge is 2.54. The standard InChI is InChI=1S/C62H85N11O7S/c1-8-72-50-21-20-40-26-43(50)45(56(72)44-27-42(30-63-52(44)37(3)79-7)70-25-24-69-22-12-11-16-41(69)32-70)29-62(4,5)35-80-61(78)47-17-13-23-73(67-47)59(76)48(28-51-64-49(40)34-81-51)65-57(74)55(39-14-9-10-15-39)68(6)58(75)46-33-71(31-36(46)2)60(77)54-53(66-54)38-18-19-38/h20-21,26-27,30,34,36-39,41,46-48,53-55,66-67H,8-19,22-25,28-29,31-33,35H2,1-7H3,(H,65,74)/t36-,37+,41-,46+,47+,48+,53-,54-,55+/m1/s1. The Kier molecular flexibility index (Phi) is 15.9. The number of thiazole rings is 1. The zero-order chi connectivity index (χ0) is 56.4. The number of cyclic esters (lactones) is 1. The number of nitrogens with one attached hydrogen (secondary N) is 3. The van der Waals surface area contributed by atoms with Crippen molar-refractivity contribution in [3.05, 3.63) is 52.1 Å². The number of rotatable bonds is 12. The first-order chi connectivity index (χ1) is 39.1. The fourth-order valence-electron chi connectivity index (χ4n) is 14.7. The fourth-order valence-corrected chi connectivity index (χ4v) is 15.6. The van der Waals surface area contributed by atoms with Crippen molar-refractivity contribution in [3.8, 4) is 22.5 Å². The quantitative estimate of drug-likeness (QED) is 0.0998. The third-order valence-electron chi connectivity index (χ3n) is 19.6. The molecule has 81 heavy (non-hydrogen) atoms. The van der Waals surface area contributed by atoms with Crippen LogP contribution in [0.25, 0.3) is 33.4 Å². The summed E-state index contributed by atoms with van der Waals surface area (Å²) in [6, 6.07) is 6.83. The highest BCUT2D eigenvalue weighted by Crippen LogP contribution is 2.45. The molecule has 12 rings (SSSR count). The van der Waals surface area contributed by atoms with Crippen LogP contribution in [0.4, 0.5) is 5.69 Å². The van der Waals surface area contributed by atoms with Crippen molar-refractivity contribution in [1.82, 2.24) is 50.3 Å². The van der Waals surface area contributed by atoms with Crippen LogP contribution in [0.3, 0.4) is 0 Å². The van der Waals surface area contributed by atoms with Crippen molar-refractivity contribution in [2.75, 3.05) is 71.5 Å². The number of hydrogen-bond acceptors (Lipinski definition) is 14. The van der Waals surface area contributed by atoms with Crippen LogP contribution in [0.2, 0.25) is 0 Å². The topological polar surface area (TPSA) is 197 Å². The number of piperazine rings is 1. The van der Waals surface area contributed by atoms with Gasteiger partial charge < -0.3 is 34.1 Å². The number of ether oxygens (including phenoxy) is 2. The maximum atomic E-state index is 15.1. The van der Waals surface area contributed by atoms with E-state index >= 15 is 9.59 Å². The molecule has 2 saturated carbocycles. The van der Waals surface area contributed by atoms with Gasteiger partial charge in [0.1, 0.15) is 24.2 Å². The predicted molar refractivity (Wildman–Crippen MR) is 312 cm³/mol. The van der Waals surface area contributed by atoms with Gasteiger partial charge in [0.05, 0.1) is 52.6 Å². The highest BCUT2D eigenvalue weighted by molar-refractivity contribution is 7.10. The van der Waals surface area contributed by atoms with Gasteiger partial charge in [0.15, 0.2) is 0 Å². The third kappa shape index (κ3) is 11.3. The van der Waals surface area contributed by atoms with Gasteiger partial charge in [0, 0.05) is 111 Å². The van der Waals surface area contributed by atoms with Gasteiger partial charge >= 0.3 is 5.97 Å². The number of benzene rings is 1. The van der Waals surface area contributed by atoms with Gasteiger partial charge in [-0.3, -0.25) is 44.2 Å². The van der Waals surface area contributed by atoms with E-state index in [1.54, 1.807) is 19.1 Å². The fraction of sp³-hybridized carbons (Fsp3) is 0.661. The second-order valence-corrected chi connectivity index (χ2v) is 26.8. The van der Waals surface area contributed by atoms with Crippen LogP contribution in [0.15, 0.2) is 35.8 Å². The van der Waals surface area contributed by atoms with E-state index in [0.29, 0.717) is 62.4 Å². The number of pyridine rings is 1. The lowest BCUT2D eigenvalue weighted by molar-refractivity contribution is -0.155. The number of aryl methyl sites for hydroxylation is 1. The molecule has 4 amide bonds. The molecule has 0 spiro atoms. The molecule has 0 unspecified atom stereocenters. The van der Waals surface area contributed by atoms with E-state index in [9.17, 15) is 14.4 Å². The second kappa shape index (κ2) is 22.9. The van der Waals surface area contributed by atoms with Gasteiger partial charge in [-0.15, -0.1) is 11.3 Å². The first-order valence-corrected chi connectivity index (χ1v) is 31.4. The first kappa shape index (κ1) is 56.0. The summed E-state index contributed by atoms with van der Waals surface area (Å²) >= 11 is 1.45. The van der Waals surface area contributed by atoms with E-state index in [2.05, 4.69) is 82.4 Å². The lowest BCUT2D eigenvalue weighted by Crippen LogP contribution is -2.62. The van der Waals surface area contributed by atoms with Crippen molar-refractivity contribution >= 4 is 57.5 Å². The minimum Gasteiger partial charge on any atom is -0.464 e. The van der Waals surface area contributed by atoms with E-state index in [0.717, 1.165) is 109 Å². The molecular weight excluding hydrogens is 1040 g/mol. The molecule has 1 aromatic carbocycles. The molecule has 6 bridgehead atoms. The molecular formula is C62H85N11O7S. The molecule has 8 aliphatic rings. The van der Waals surface area contributed by atoms with E-state index < -0.39 is 35.4 Å². The number of fused-ring (bicyclic) bond motifs is 7. The van der Waals surface area contributed by atoms with Crippen molar-refractivity contribution < 1.29 is 33.4 Å². The van der Waals surface area contributed by atoms with Crippen LogP contribution in [-0.2, 0) is 52.8 Å². The Morgan fingerprint density at radius 1 is 0.975 bits per heavy atom. The second-order valence-electron chi connectivity index (χ2n) is 25.9. The lowest BCUT2D eigenvalue weighted by Gasteiger charge is -2.45. The summed E-state index contributed by atoms with van der Waals surface area (Å²) in [7, 11) is 3.46. The van der Waals surface area contributed by atoms with Gasteiger partial charge in [-0.1, -0.05) is 46.1 Å². The Hall–Kier alpha value is -5.47. The average molecular weight is 1130 g/mol. The number of aromatic nitrogens is 3. The molecule has 0 radical (unpaired) electrons. The van der Waals surface area contributed by atoms with Crippen LogP contribution in [0, 0.1) is 29.1 Å². The number of nitrogens with zero attached hydrogens (tertiary/aromatic N) is 8. The molecule has 4 aromatic rings. The first-order valence-electron chi connectivity index (χ1n) is 30.6. The largest absolute Gasteiger partial charge is 0.464 e. The zero-order valence-corrected chi connectivity index (χ0v) is 49.5. The monoisotopic (exact) mass is 1130 g/mol. The number of methoxy groups -OCH3 is 1. The number of piperidine rings is 1. The van der Waals surface area contributed by atoms with Crippen molar-refractivity contribution in [2.45, 2.75) is 167 Å². The Balaban J connectivity index is 0.875. The zero-order valence-electron chi connectivity index (χ0n) is 48.7. The minimum absolute atomic E-state index is 0.0711. The SMILES string of the molecule is CCn1c(-c2cc(N3CCN4CCCC[C@@H]4C3)cnc2[C@H](C)OC)c2c3cc(ccc31)-c1csc(n1)C[C@H](NC(=O)[C@H](C1CCCC1)N(C)C(=O)[C@H]1CN(C(=O)[C@@H]3N[C@@H]3C3CC3)C[C@H]1C)C(=O)N1CCC[C@H](N1)C(=O)OCC(C)(C)C2. The number of anilines is 1. The van der Waals surface area contributed by atoms with Crippen molar-refractivity contribution in [3.63, 3.8) is 0 Å². The number of likely N-dealkylation sites (tertiary alicyclic amines) is 1. The van der Waals surface area contributed by atoms with Crippen LogP contribution >= 0.6 is 11.3 Å². The smallest absolute Gasteiger partial charge is 0.324 e. The van der Waals surface area contributed by atoms with E-state index in [4.69, 9.17) is 19.4 Å². The van der Waals surface area contributed by atoms with Gasteiger partial charge in [-0.25, -0.2) is 10.4 Å². The van der Waals surface area contributed by atoms with Crippen molar-refractivity contribution in [1.29, 1.82) is 0 Å². The number of carbonyl (C=O) groups excluding carboxylic acids is 5. The predicted octanol–water partition coefficient (Wildman–Crippen LogP) is 6.74. The van der Waals surface area contributed by atoms with Gasteiger partial charge in [0.25, 0.3) is 5.91 Å². The maximum Gasteiger partial charge on any atom is 0.324 e. The number of likely N-dealkylation sites (N-methyl/N-ethyl adjacent to an activating group) is 1. The molecule has 3 aromatic heterocycles. The number of carbonyl (C=O) groups is 5.